The lowest BCUT2D eigenvalue weighted by atomic mass is 10.1. The predicted octanol–water partition coefficient (Wildman–Crippen LogP) is 0.973. The number of rotatable bonds is 5. The number of nitrogens with one attached hydrogen (secondary N) is 2. The Morgan fingerprint density at radius 2 is 2.37 bits per heavy atom. The van der Waals surface area contributed by atoms with Crippen molar-refractivity contribution in [3.63, 3.8) is 0 Å². The van der Waals surface area contributed by atoms with E-state index < -0.39 is 0 Å². The summed E-state index contributed by atoms with van der Waals surface area (Å²) in [4.78, 5) is 19.0. The topological polar surface area (TPSA) is 93.0 Å². The number of H-pyrrole nitrogens is 1. The van der Waals surface area contributed by atoms with Gasteiger partial charge in [0.1, 0.15) is 11.6 Å². The summed E-state index contributed by atoms with van der Waals surface area (Å²) >= 11 is 0. The molecule has 0 aliphatic carbocycles. The van der Waals surface area contributed by atoms with Crippen molar-refractivity contribution in [1.29, 1.82) is 0 Å². The second-order valence-corrected chi connectivity index (χ2v) is 4.00. The Morgan fingerprint density at radius 1 is 1.53 bits per heavy atom. The number of hydrogen-bond acceptors (Lipinski definition) is 4. The monoisotopic (exact) mass is 260 g/mol. The van der Waals surface area contributed by atoms with Crippen LogP contribution in [0.5, 0.6) is 5.75 Å². The van der Waals surface area contributed by atoms with Gasteiger partial charge in [0.15, 0.2) is 0 Å². The van der Waals surface area contributed by atoms with Crippen LogP contribution < -0.4 is 15.8 Å². The van der Waals surface area contributed by atoms with Crippen molar-refractivity contribution >= 4 is 11.6 Å². The highest BCUT2D eigenvalue weighted by Gasteiger charge is 2.08. The Kier molecular flexibility index (Phi) is 4.02. The zero-order chi connectivity index (χ0) is 13.7. The smallest absolute Gasteiger partial charge is 0.251 e. The molecular weight excluding hydrogens is 244 g/mol. The lowest BCUT2D eigenvalue weighted by molar-refractivity contribution is 0.0953. The number of nitrogens with two attached hydrogens (primary N) is 1. The fourth-order valence-electron chi connectivity index (χ4n) is 1.68. The molecule has 0 radical (unpaired) electrons. The molecule has 19 heavy (non-hydrogen) atoms. The van der Waals surface area contributed by atoms with Crippen molar-refractivity contribution in [2.75, 3.05) is 19.4 Å². The number of carbonyl (C=O) groups excluding carboxylic acids is 1. The Hall–Kier alpha value is -2.50. The standard InChI is InChI=1S/C13H16N4O2/c1-19-11-8-9(2-3-10(11)14)13(18)17-5-4-12-15-6-7-16-12/h2-3,6-8H,4-5,14H2,1H3,(H,15,16)(H,17,18). The summed E-state index contributed by atoms with van der Waals surface area (Å²) in [6.45, 7) is 0.513. The number of nitrogens with zero attached hydrogens (tertiary/aromatic N) is 1. The third kappa shape index (κ3) is 3.25. The molecule has 2 rings (SSSR count). The van der Waals surface area contributed by atoms with Crippen molar-refractivity contribution in [3.05, 3.63) is 42.0 Å². The van der Waals surface area contributed by atoms with E-state index in [1.54, 1.807) is 30.6 Å². The number of carbonyl (C=O) groups is 1. The largest absolute Gasteiger partial charge is 0.495 e. The van der Waals surface area contributed by atoms with Gasteiger partial charge in [-0.3, -0.25) is 4.79 Å². The molecule has 0 unspecified atom stereocenters. The van der Waals surface area contributed by atoms with Crippen LogP contribution in [0, 0.1) is 0 Å². The molecule has 0 aliphatic heterocycles. The Labute approximate surface area is 111 Å². The number of amides is 1. The molecule has 0 fully saturated rings. The minimum Gasteiger partial charge on any atom is -0.495 e. The van der Waals surface area contributed by atoms with Crippen LogP contribution >= 0.6 is 0 Å². The van der Waals surface area contributed by atoms with Gasteiger partial charge in [0.05, 0.1) is 12.8 Å². The van der Waals surface area contributed by atoms with Gasteiger partial charge in [0.25, 0.3) is 5.91 Å². The molecule has 0 saturated heterocycles. The van der Waals surface area contributed by atoms with Crippen molar-refractivity contribution in [3.8, 4) is 5.75 Å². The van der Waals surface area contributed by atoms with E-state index in [9.17, 15) is 4.79 Å². The number of benzene rings is 1. The summed E-state index contributed by atoms with van der Waals surface area (Å²) < 4.78 is 5.08. The number of aromatic nitrogens is 2. The van der Waals surface area contributed by atoms with Gasteiger partial charge in [-0.25, -0.2) is 4.98 Å². The average molecular weight is 260 g/mol. The van der Waals surface area contributed by atoms with Gasteiger partial charge in [0, 0.05) is 30.9 Å². The van der Waals surface area contributed by atoms with E-state index >= 15 is 0 Å². The molecule has 0 spiro atoms. The van der Waals surface area contributed by atoms with Crippen molar-refractivity contribution in [2.45, 2.75) is 6.42 Å². The molecular formula is C13H16N4O2. The van der Waals surface area contributed by atoms with Crippen LogP contribution in [-0.2, 0) is 6.42 Å². The third-order valence-corrected chi connectivity index (χ3v) is 2.70. The first-order valence-corrected chi connectivity index (χ1v) is 5.90. The summed E-state index contributed by atoms with van der Waals surface area (Å²) in [5.74, 6) is 1.18. The van der Waals surface area contributed by atoms with Gasteiger partial charge in [-0.05, 0) is 18.2 Å². The molecule has 1 amide bonds. The van der Waals surface area contributed by atoms with Gasteiger partial charge < -0.3 is 20.8 Å². The Balaban J connectivity index is 1.92. The maximum absolute atomic E-state index is 11.9. The van der Waals surface area contributed by atoms with Gasteiger partial charge >= 0.3 is 0 Å². The first-order valence-electron chi connectivity index (χ1n) is 5.90. The second-order valence-electron chi connectivity index (χ2n) is 4.00. The Morgan fingerprint density at radius 3 is 3.05 bits per heavy atom. The molecule has 1 heterocycles. The van der Waals surface area contributed by atoms with E-state index in [1.807, 2.05) is 0 Å². The molecule has 100 valence electrons. The highest BCUT2D eigenvalue weighted by Crippen LogP contribution is 2.21. The summed E-state index contributed by atoms with van der Waals surface area (Å²) in [5.41, 5.74) is 6.72. The minimum absolute atomic E-state index is 0.162. The number of imidazole rings is 1. The SMILES string of the molecule is COc1cc(C(=O)NCCc2ncc[nH]2)ccc1N. The number of anilines is 1. The molecule has 0 saturated carbocycles. The number of methoxy groups -OCH3 is 1. The number of aromatic amines is 1. The second kappa shape index (κ2) is 5.90. The normalized spacial score (nSPS) is 10.2. The molecule has 1 aromatic heterocycles. The van der Waals surface area contributed by atoms with Gasteiger partial charge in [-0.1, -0.05) is 0 Å². The van der Waals surface area contributed by atoms with Crippen LogP contribution in [0.15, 0.2) is 30.6 Å². The molecule has 1 aromatic carbocycles. The zero-order valence-electron chi connectivity index (χ0n) is 10.6. The van der Waals surface area contributed by atoms with Gasteiger partial charge in [0.2, 0.25) is 0 Å². The van der Waals surface area contributed by atoms with Crippen LogP contribution in [0.3, 0.4) is 0 Å². The fraction of sp³-hybridized carbons (Fsp3) is 0.231. The quantitative estimate of drug-likeness (QED) is 0.698. The lowest BCUT2D eigenvalue weighted by Crippen LogP contribution is -2.26. The van der Waals surface area contributed by atoms with E-state index in [2.05, 4.69) is 15.3 Å². The maximum atomic E-state index is 11.9. The van der Waals surface area contributed by atoms with Crippen LogP contribution in [0.4, 0.5) is 5.69 Å². The lowest BCUT2D eigenvalue weighted by Gasteiger charge is -2.08. The average Bonchev–Trinajstić information content (AvgIpc) is 2.92. The molecule has 6 nitrogen and oxygen atoms in total. The molecule has 0 bridgehead atoms. The molecule has 0 aliphatic rings. The fourth-order valence-corrected chi connectivity index (χ4v) is 1.68. The third-order valence-electron chi connectivity index (χ3n) is 2.70. The maximum Gasteiger partial charge on any atom is 0.251 e. The molecule has 0 atom stereocenters. The van der Waals surface area contributed by atoms with E-state index in [0.717, 1.165) is 5.82 Å². The highest BCUT2D eigenvalue weighted by atomic mass is 16.5. The highest BCUT2D eigenvalue weighted by molar-refractivity contribution is 5.95. The zero-order valence-corrected chi connectivity index (χ0v) is 10.6. The summed E-state index contributed by atoms with van der Waals surface area (Å²) in [6.07, 6.45) is 4.09. The van der Waals surface area contributed by atoms with E-state index in [0.29, 0.717) is 30.0 Å². The number of hydrogen-bond donors (Lipinski definition) is 3. The molecule has 4 N–H and O–H groups in total. The van der Waals surface area contributed by atoms with Crippen molar-refractivity contribution in [1.82, 2.24) is 15.3 Å². The van der Waals surface area contributed by atoms with Crippen LogP contribution in [0.25, 0.3) is 0 Å². The van der Waals surface area contributed by atoms with E-state index in [4.69, 9.17) is 10.5 Å². The van der Waals surface area contributed by atoms with Crippen LogP contribution in [0.2, 0.25) is 0 Å². The van der Waals surface area contributed by atoms with Gasteiger partial charge in [-0.15, -0.1) is 0 Å². The summed E-state index contributed by atoms with van der Waals surface area (Å²) in [6, 6.07) is 4.94. The van der Waals surface area contributed by atoms with E-state index in [-0.39, 0.29) is 5.91 Å². The van der Waals surface area contributed by atoms with Crippen molar-refractivity contribution in [2.24, 2.45) is 0 Å². The van der Waals surface area contributed by atoms with Gasteiger partial charge in [-0.2, -0.15) is 0 Å². The van der Waals surface area contributed by atoms with E-state index in [1.165, 1.54) is 7.11 Å². The molecule has 6 heteroatoms. The number of nitrogen functional groups attached to an aromatic ring is 1. The van der Waals surface area contributed by atoms with Crippen molar-refractivity contribution < 1.29 is 9.53 Å². The molecule has 2 aromatic rings. The summed E-state index contributed by atoms with van der Waals surface area (Å²) in [5, 5.41) is 2.81. The minimum atomic E-state index is -0.162. The number of ether oxygens (including phenoxy) is 1. The van der Waals surface area contributed by atoms with Crippen LogP contribution in [0.1, 0.15) is 16.2 Å². The first kappa shape index (κ1) is 12.9. The Bertz CT molecular complexity index is 552. The predicted molar refractivity (Wildman–Crippen MR) is 72.0 cm³/mol. The first-order chi connectivity index (χ1) is 9.20. The summed E-state index contributed by atoms with van der Waals surface area (Å²) in [7, 11) is 1.52. The van der Waals surface area contributed by atoms with Crippen LogP contribution in [-0.4, -0.2) is 29.5 Å².